The van der Waals surface area contributed by atoms with E-state index in [0.29, 0.717) is 22.5 Å². The maximum atomic E-state index is 13.9. The average Bonchev–Trinajstić information content (AvgIpc) is 3.10. The van der Waals surface area contributed by atoms with Crippen LogP contribution in [0.2, 0.25) is 0 Å². The fourth-order valence-corrected chi connectivity index (χ4v) is 4.95. The van der Waals surface area contributed by atoms with Crippen LogP contribution in [-0.4, -0.2) is 59.4 Å². The maximum Gasteiger partial charge on any atom is 0.415 e. The smallest absolute Gasteiger partial charge is 0.415 e. The van der Waals surface area contributed by atoms with Gasteiger partial charge in [-0.3, -0.25) is 0 Å². The number of nitrogens with zero attached hydrogens (tertiary/aromatic N) is 2. The van der Waals surface area contributed by atoms with Crippen LogP contribution in [-0.2, 0) is 22.8 Å². The Morgan fingerprint density at radius 2 is 1.91 bits per heavy atom. The summed E-state index contributed by atoms with van der Waals surface area (Å²) in [5.41, 5.74) is -4.10. The molecular formula is C20H18F4N2O6S. The van der Waals surface area contributed by atoms with Gasteiger partial charge >= 0.3 is 6.18 Å². The van der Waals surface area contributed by atoms with Gasteiger partial charge in [-0.1, -0.05) is 18.2 Å². The Morgan fingerprint density at radius 3 is 2.45 bits per heavy atom. The molecular weight excluding hydrogens is 472 g/mol. The highest BCUT2D eigenvalue weighted by Crippen LogP contribution is 2.38. The van der Waals surface area contributed by atoms with Gasteiger partial charge in [0, 0.05) is 23.7 Å². The summed E-state index contributed by atoms with van der Waals surface area (Å²) in [6.07, 6.45) is -6.16. The molecule has 0 aliphatic carbocycles. The van der Waals surface area contributed by atoms with E-state index in [1.165, 1.54) is 12.1 Å². The molecule has 13 heteroatoms. The number of ether oxygens (including phenoxy) is 1. The van der Waals surface area contributed by atoms with E-state index in [2.05, 4.69) is 4.85 Å². The molecule has 0 aromatic heterocycles. The molecule has 178 valence electrons. The lowest BCUT2D eigenvalue weighted by Gasteiger charge is -2.27. The van der Waals surface area contributed by atoms with Gasteiger partial charge in [0.05, 0.1) is 31.2 Å². The highest BCUT2D eigenvalue weighted by atomic mass is 32.2. The largest absolute Gasteiger partial charge is 0.486 e. The van der Waals surface area contributed by atoms with Crippen molar-refractivity contribution in [2.45, 2.75) is 29.4 Å². The number of benzene rings is 2. The zero-order valence-corrected chi connectivity index (χ0v) is 17.6. The normalized spacial score (nSPS) is 21.7. The molecule has 0 amide bonds. The average molecular weight is 490 g/mol. The van der Waals surface area contributed by atoms with E-state index in [1.807, 2.05) is 0 Å². The van der Waals surface area contributed by atoms with Crippen LogP contribution in [0, 0.1) is 12.4 Å². The number of sulfonamides is 1. The molecule has 0 bridgehead atoms. The molecule has 8 nitrogen and oxygen atoms in total. The van der Waals surface area contributed by atoms with Crippen molar-refractivity contribution >= 4 is 15.7 Å². The van der Waals surface area contributed by atoms with Gasteiger partial charge in [-0.05, 0) is 12.1 Å². The topological polar surface area (TPSA) is 112 Å². The van der Waals surface area contributed by atoms with Crippen LogP contribution < -0.4 is 4.74 Å². The minimum absolute atomic E-state index is 0.0237. The fourth-order valence-electron chi connectivity index (χ4n) is 3.34. The van der Waals surface area contributed by atoms with Crippen molar-refractivity contribution in [2.75, 3.05) is 19.7 Å². The van der Waals surface area contributed by atoms with Crippen molar-refractivity contribution in [3.8, 4) is 5.75 Å². The van der Waals surface area contributed by atoms with Gasteiger partial charge in [-0.15, -0.1) is 0 Å². The molecule has 3 N–H and O–H groups in total. The lowest BCUT2D eigenvalue weighted by atomic mass is 10.0. The Bertz CT molecular complexity index is 1200. The first kappa shape index (κ1) is 24.9. The van der Waals surface area contributed by atoms with Gasteiger partial charge in [-0.2, -0.15) is 17.5 Å². The SMILES string of the molecule is [C-]#[N+]c1cc(C(F)(F)F)ccc1S(=O)(=O)N1C[C@H](Oc2ccc(CO)c(F)c2)[C@](O)(CO)C1. The molecule has 1 saturated heterocycles. The summed E-state index contributed by atoms with van der Waals surface area (Å²) in [6.45, 7) is 4.36. The van der Waals surface area contributed by atoms with E-state index >= 15 is 0 Å². The highest BCUT2D eigenvalue weighted by Gasteiger charge is 2.51. The third kappa shape index (κ3) is 4.80. The standard InChI is InChI=1S/C20H18F4N2O6S/c1-25-16-6-13(20(22,23)24)3-5-17(16)33(30,31)26-8-18(19(29,10-26)11-28)32-14-4-2-12(9-27)15(21)7-14/h2-7,18,27-29H,8-11H2/t18-,19+/m0/s1. The molecule has 1 heterocycles. The van der Waals surface area contributed by atoms with Crippen molar-refractivity contribution in [1.29, 1.82) is 0 Å². The Kier molecular flexibility index (Phi) is 6.69. The molecule has 2 aromatic rings. The van der Waals surface area contributed by atoms with Gasteiger partial charge in [0.2, 0.25) is 15.7 Å². The van der Waals surface area contributed by atoms with Crippen LogP contribution in [0.3, 0.4) is 0 Å². The third-order valence-corrected chi connectivity index (χ3v) is 7.05. The molecule has 0 spiro atoms. The number of hydrogen-bond donors (Lipinski definition) is 3. The zero-order chi connectivity index (χ0) is 24.6. The molecule has 1 aliphatic heterocycles. The highest BCUT2D eigenvalue weighted by molar-refractivity contribution is 7.89. The predicted molar refractivity (Wildman–Crippen MR) is 105 cm³/mol. The maximum absolute atomic E-state index is 13.9. The van der Waals surface area contributed by atoms with Crippen LogP contribution in [0.4, 0.5) is 23.2 Å². The Labute approximate surface area is 186 Å². The summed E-state index contributed by atoms with van der Waals surface area (Å²) < 4.78 is 85.0. The lowest BCUT2D eigenvalue weighted by molar-refractivity contribution is -0.137. The molecule has 0 saturated carbocycles. The van der Waals surface area contributed by atoms with Crippen LogP contribution in [0.25, 0.3) is 4.85 Å². The summed E-state index contributed by atoms with van der Waals surface area (Å²) in [5, 5.41) is 29.4. The molecule has 2 aromatic carbocycles. The monoisotopic (exact) mass is 490 g/mol. The van der Waals surface area contributed by atoms with E-state index in [0.717, 1.165) is 6.07 Å². The number of halogens is 4. The summed E-state index contributed by atoms with van der Waals surface area (Å²) in [6, 6.07) is 4.99. The van der Waals surface area contributed by atoms with Crippen molar-refractivity contribution in [1.82, 2.24) is 4.31 Å². The van der Waals surface area contributed by atoms with E-state index < -0.39 is 76.2 Å². The van der Waals surface area contributed by atoms with Crippen LogP contribution in [0.5, 0.6) is 5.75 Å². The van der Waals surface area contributed by atoms with Gasteiger partial charge in [0.15, 0.2) is 0 Å². The van der Waals surface area contributed by atoms with Gasteiger partial charge in [0.1, 0.15) is 23.3 Å². The first-order valence-electron chi connectivity index (χ1n) is 9.34. The second-order valence-corrected chi connectivity index (χ2v) is 9.28. The Hall–Kier alpha value is -2.76. The number of β-amino-alcohol motifs (C(OH)–C–C–N with tert-alkyl or cyclic N) is 1. The number of aliphatic hydroxyl groups excluding tert-OH is 2. The van der Waals surface area contributed by atoms with Gasteiger partial charge in [0.25, 0.3) is 0 Å². The first-order chi connectivity index (χ1) is 15.4. The minimum Gasteiger partial charge on any atom is -0.486 e. The second kappa shape index (κ2) is 8.88. The molecule has 1 aliphatic rings. The van der Waals surface area contributed by atoms with Crippen molar-refractivity contribution < 1.29 is 46.0 Å². The van der Waals surface area contributed by atoms with Crippen LogP contribution >= 0.6 is 0 Å². The van der Waals surface area contributed by atoms with Gasteiger partial charge in [-0.25, -0.2) is 17.7 Å². The van der Waals surface area contributed by atoms with E-state index in [9.17, 15) is 36.2 Å². The van der Waals surface area contributed by atoms with Crippen LogP contribution in [0.15, 0.2) is 41.3 Å². The Morgan fingerprint density at radius 1 is 1.21 bits per heavy atom. The van der Waals surface area contributed by atoms with E-state index in [-0.39, 0.29) is 11.3 Å². The van der Waals surface area contributed by atoms with Crippen LogP contribution in [0.1, 0.15) is 11.1 Å². The van der Waals surface area contributed by atoms with Crippen molar-refractivity contribution in [2.24, 2.45) is 0 Å². The quantitative estimate of drug-likeness (QED) is 0.422. The molecule has 3 rings (SSSR count). The second-order valence-electron chi connectivity index (χ2n) is 7.37. The van der Waals surface area contributed by atoms with E-state index in [1.54, 1.807) is 0 Å². The Balaban J connectivity index is 1.93. The first-order valence-corrected chi connectivity index (χ1v) is 10.8. The van der Waals surface area contributed by atoms with Gasteiger partial charge < -0.3 is 20.1 Å². The number of aliphatic hydroxyl groups is 3. The molecule has 0 unspecified atom stereocenters. The zero-order valence-electron chi connectivity index (χ0n) is 16.8. The number of hydrogen-bond acceptors (Lipinski definition) is 6. The molecule has 0 radical (unpaired) electrons. The summed E-state index contributed by atoms with van der Waals surface area (Å²) in [7, 11) is -4.57. The summed E-state index contributed by atoms with van der Waals surface area (Å²) in [4.78, 5) is 2.19. The molecule has 2 atom stereocenters. The van der Waals surface area contributed by atoms with Crippen molar-refractivity contribution in [3.05, 3.63) is 64.8 Å². The minimum atomic E-state index is -4.79. The van der Waals surface area contributed by atoms with E-state index in [4.69, 9.17) is 16.4 Å². The lowest BCUT2D eigenvalue weighted by Crippen LogP contribution is -2.48. The predicted octanol–water partition coefficient (Wildman–Crippen LogP) is 2.06. The van der Waals surface area contributed by atoms with Crippen molar-refractivity contribution in [3.63, 3.8) is 0 Å². The fraction of sp³-hybridized carbons (Fsp3) is 0.350. The molecule has 1 fully saturated rings. The summed E-state index contributed by atoms with van der Waals surface area (Å²) >= 11 is 0. The summed E-state index contributed by atoms with van der Waals surface area (Å²) in [5.74, 6) is -0.923. The molecule has 33 heavy (non-hydrogen) atoms. The number of rotatable bonds is 6. The third-order valence-electron chi connectivity index (χ3n) is 5.19. The number of alkyl halides is 3.